The Labute approximate surface area is 165 Å². The Morgan fingerprint density at radius 2 is 2.00 bits per heavy atom. The number of amides is 1. The monoisotopic (exact) mass is 407 g/mol. The molecule has 1 amide bonds. The van der Waals surface area contributed by atoms with Crippen LogP contribution in [0.4, 0.5) is 13.2 Å². The number of carbonyl (C=O) groups is 1. The predicted octanol–water partition coefficient (Wildman–Crippen LogP) is 3.34. The van der Waals surface area contributed by atoms with Gasteiger partial charge in [-0.15, -0.1) is 0 Å². The number of hydrogen-bond donors (Lipinski definition) is 1. The Morgan fingerprint density at radius 3 is 2.83 bits per heavy atom. The van der Waals surface area contributed by atoms with Crippen LogP contribution in [0.3, 0.4) is 0 Å². The van der Waals surface area contributed by atoms with Crippen molar-refractivity contribution in [1.29, 1.82) is 0 Å². The number of aromatic nitrogens is 2. The van der Waals surface area contributed by atoms with Crippen molar-refractivity contribution in [3.8, 4) is 11.5 Å². The van der Waals surface area contributed by atoms with Gasteiger partial charge in [-0.05, 0) is 49.5 Å². The zero-order chi connectivity index (χ0) is 20.4. The highest BCUT2D eigenvalue weighted by Crippen LogP contribution is 2.36. The third-order valence-electron chi connectivity index (χ3n) is 4.97. The third-order valence-corrected chi connectivity index (χ3v) is 4.97. The molecule has 29 heavy (non-hydrogen) atoms. The molecule has 0 radical (unpaired) electrons. The van der Waals surface area contributed by atoms with Crippen LogP contribution < -0.4 is 14.8 Å². The van der Waals surface area contributed by atoms with Gasteiger partial charge < -0.3 is 14.8 Å². The standard InChI is InChI=1S/C20H20F3N3O3/c21-20(22,23)19-14-3-1-2-4-15(14)26(25-19)10-9-24-18(27)8-6-13-5-7-16-17(11-13)29-12-28-16/h5-8,11H,1-4,9-10,12H2,(H,24,27)/b8-6+. The Kier molecular flexibility index (Phi) is 5.21. The van der Waals surface area contributed by atoms with Gasteiger partial charge in [0.2, 0.25) is 12.7 Å². The van der Waals surface area contributed by atoms with Gasteiger partial charge in [-0.3, -0.25) is 9.48 Å². The summed E-state index contributed by atoms with van der Waals surface area (Å²) in [7, 11) is 0. The van der Waals surface area contributed by atoms with Crippen molar-refractivity contribution in [3.05, 3.63) is 46.8 Å². The average molecular weight is 407 g/mol. The highest BCUT2D eigenvalue weighted by molar-refractivity contribution is 5.91. The molecule has 0 saturated heterocycles. The highest BCUT2D eigenvalue weighted by Gasteiger charge is 2.39. The van der Waals surface area contributed by atoms with Crippen LogP contribution >= 0.6 is 0 Å². The lowest BCUT2D eigenvalue weighted by Crippen LogP contribution is -2.26. The Balaban J connectivity index is 1.35. The van der Waals surface area contributed by atoms with E-state index in [4.69, 9.17) is 9.47 Å². The van der Waals surface area contributed by atoms with Crippen LogP contribution in [-0.4, -0.2) is 29.0 Å². The van der Waals surface area contributed by atoms with Crippen molar-refractivity contribution in [2.45, 2.75) is 38.4 Å². The number of alkyl halides is 3. The van der Waals surface area contributed by atoms with E-state index in [0.717, 1.165) is 18.4 Å². The molecule has 1 aliphatic heterocycles. The summed E-state index contributed by atoms with van der Waals surface area (Å²) in [6.07, 6.45) is 1.12. The van der Waals surface area contributed by atoms with Crippen LogP contribution in [0.15, 0.2) is 24.3 Å². The van der Waals surface area contributed by atoms with Gasteiger partial charge in [0, 0.05) is 23.9 Å². The van der Waals surface area contributed by atoms with Crippen LogP contribution in [0.2, 0.25) is 0 Å². The van der Waals surface area contributed by atoms with Gasteiger partial charge in [-0.25, -0.2) is 0 Å². The van der Waals surface area contributed by atoms with Gasteiger partial charge in [-0.1, -0.05) is 6.07 Å². The van der Waals surface area contributed by atoms with E-state index in [2.05, 4.69) is 10.4 Å². The second-order valence-electron chi connectivity index (χ2n) is 6.94. The molecule has 1 N–H and O–H groups in total. The molecule has 1 aromatic heterocycles. The van der Waals surface area contributed by atoms with E-state index < -0.39 is 11.9 Å². The van der Waals surface area contributed by atoms with Crippen LogP contribution in [0.1, 0.15) is 35.4 Å². The summed E-state index contributed by atoms with van der Waals surface area (Å²) in [5.74, 6) is 0.948. The summed E-state index contributed by atoms with van der Waals surface area (Å²) >= 11 is 0. The number of nitrogens with zero attached hydrogens (tertiary/aromatic N) is 2. The van der Waals surface area contributed by atoms with E-state index in [1.165, 1.54) is 10.8 Å². The quantitative estimate of drug-likeness (QED) is 0.773. The molecule has 0 saturated carbocycles. The van der Waals surface area contributed by atoms with Crippen LogP contribution in [0.5, 0.6) is 11.5 Å². The Hall–Kier alpha value is -2.97. The van der Waals surface area contributed by atoms with E-state index in [-0.39, 0.29) is 25.8 Å². The van der Waals surface area contributed by atoms with Gasteiger partial charge in [0.25, 0.3) is 0 Å². The third kappa shape index (κ3) is 4.23. The summed E-state index contributed by atoms with van der Waals surface area (Å²) in [5, 5.41) is 6.47. The van der Waals surface area contributed by atoms with Crippen molar-refractivity contribution in [1.82, 2.24) is 15.1 Å². The molecule has 0 fully saturated rings. The zero-order valence-corrected chi connectivity index (χ0v) is 15.6. The minimum Gasteiger partial charge on any atom is -0.454 e. The van der Waals surface area contributed by atoms with E-state index in [9.17, 15) is 18.0 Å². The average Bonchev–Trinajstić information content (AvgIpc) is 3.30. The summed E-state index contributed by atoms with van der Waals surface area (Å²) < 4.78 is 51.5. The number of ether oxygens (including phenoxy) is 2. The molecule has 2 heterocycles. The van der Waals surface area contributed by atoms with Crippen LogP contribution in [-0.2, 0) is 30.4 Å². The molecular formula is C20H20F3N3O3. The molecule has 154 valence electrons. The molecule has 6 nitrogen and oxygen atoms in total. The minimum atomic E-state index is -4.46. The first-order chi connectivity index (χ1) is 13.9. The van der Waals surface area contributed by atoms with Crippen molar-refractivity contribution < 1.29 is 27.4 Å². The number of fused-ring (bicyclic) bond motifs is 2. The van der Waals surface area contributed by atoms with Gasteiger partial charge >= 0.3 is 6.18 Å². The van der Waals surface area contributed by atoms with Crippen LogP contribution in [0.25, 0.3) is 6.08 Å². The molecule has 2 aromatic rings. The topological polar surface area (TPSA) is 65.4 Å². The van der Waals surface area contributed by atoms with Gasteiger partial charge in [0.1, 0.15) is 0 Å². The predicted molar refractivity (Wildman–Crippen MR) is 98.5 cm³/mol. The first-order valence-corrected chi connectivity index (χ1v) is 9.43. The fraction of sp³-hybridized carbons (Fsp3) is 0.400. The number of nitrogens with one attached hydrogen (secondary N) is 1. The molecule has 4 rings (SSSR count). The van der Waals surface area contributed by atoms with Crippen molar-refractivity contribution in [2.24, 2.45) is 0 Å². The Morgan fingerprint density at radius 1 is 1.21 bits per heavy atom. The number of carbonyl (C=O) groups excluding carboxylic acids is 1. The smallest absolute Gasteiger partial charge is 0.435 e. The fourth-order valence-electron chi connectivity index (χ4n) is 3.62. The van der Waals surface area contributed by atoms with Crippen molar-refractivity contribution in [3.63, 3.8) is 0 Å². The minimum absolute atomic E-state index is 0.177. The Bertz CT molecular complexity index is 950. The number of benzene rings is 1. The van der Waals surface area contributed by atoms with E-state index in [1.807, 2.05) is 0 Å². The number of rotatable bonds is 5. The first kappa shape index (κ1) is 19.4. The molecule has 0 atom stereocenters. The maximum Gasteiger partial charge on any atom is 0.435 e. The second-order valence-corrected chi connectivity index (χ2v) is 6.94. The van der Waals surface area contributed by atoms with Crippen molar-refractivity contribution in [2.75, 3.05) is 13.3 Å². The maximum atomic E-state index is 13.2. The SMILES string of the molecule is O=C(/C=C/c1ccc2c(c1)OCO2)NCCn1nc(C(F)(F)F)c2c1CCCC2. The van der Waals surface area contributed by atoms with Gasteiger partial charge in [-0.2, -0.15) is 18.3 Å². The first-order valence-electron chi connectivity index (χ1n) is 9.43. The molecule has 9 heteroatoms. The van der Waals surface area contributed by atoms with E-state index in [0.29, 0.717) is 35.6 Å². The van der Waals surface area contributed by atoms with E-state index in [1.54, 1.807) is 24.3 Å². The molecule has 0 unspecified atom stereocenters. The second kappa shape index (κ2) is 7.81. The number of halogens is 3. The lowest BCUT2D eigenvalue weighted by molar-refractivity contribution is -0.142. The lowest BCUT2D eigenvalue weighted by Gasteiger charge is -2.14. The zero-order valence-electron chi connectivity index (χ0n) is 15.6. The molecule has 2 aliphatic rings. The fourth-order valence-corrected chi connectivity index (χ4v) is 3.62. The normalized spacial score (nSPS) is 15.6. The summed E-state index contributed by atoms with van der Waals surface area (Å²) in [4.78, 5) is 12.0. The molecule has 0 bridgehead atoms. The van der Waals surface area contributed by atoms with Crippen molar-refractivity contribution >= 4 is 12.0 Å². The van der Waals surface area contributed by atoms with E-state index >= 15 is 0 Å². The molecular weight excluding hydrogens is 387 g/mol. The molecule has 0 spiro atoms. The highest BCUT2D eigenvalue weighted by atomic mass is 19.4. The molecule has 1 aliphatic carbocycles. The maximum absolute atomic E-state index is 13.2. The van der Waals surface area contributed by atoms with Gasteiger partial charge in [0.15, 0.2) is 17.2 Å². The van der Waals surface area contributed by atoms with Gasteiger partial charge in [0.05, 0.1) is 6.54 Å². The lowest BCUT2D eigenvalue weighted by atomic mass is 9.95. The largest absolute Gasteiger partial charge is 0.454 e. The summed E-state index contributed by atoms with van der Waals surface area (Å²) in [6, 6.07) is 5.33. The summed E-state index contributed by atoms with van der Waals surface area (Å²) in [6.45, 7) is 0.563. The molecule has 1 aromatic carbocycles. The van der Waals surface area contributed by atoms with Crippen LogP contribution in [0, 0.1) is 0 Å². The summed E-state index contributed by atoms with van der Waals surface area (Å²) in [5.41, 5.74) is 0.924. The number of hydrogen-bond acceptors (Lipinski definition) is 4.